The van der Waals surface area contributed by atoms with Crippen LogP contribution in [0.25, 0.3) is 11.4 Å². The lowest BCUT2D eigenvalue weighted by atomic mass is 10.1. The molecular formula is C15H22N4O. The SMILES string of the molecule is Cc1cc(-c2nc(CCN)n(C)n2)ccc1OC(C)C. The summed E-state index contributed by atoms with van der Waals surface area (Å²) in [6.45, 7) is 6.65. The monoisotopic (exact) mass is 274 g/mol. The standard InChI is InChI=1S/C15H22N4O/c1-10(2)20-13-6-5-12(9-11(13)3)15-17-14(7-8-16)19(4)18-15/h5-6,9-10H,7-8,16H2,1-4H3. The van der Waals surface area contributed by atoms with Crippen molar-refractivity contribution in [2.75, 3.05) is 6.54 Å². The van der Waals surface area contributed by atoms with Crippen molar-refractivity contribution in [1.29, 1.82) is 0 Å². The largest absolute Gasteiger partial charge is 0.491 e. The molecule has 0 aliphatic heterocycles. The van der Waals surface area contributed by atoms with Crippen LogP contribution in [0.3, 0.4) is 0 Å². The fourth-order valence-electron chi connectivity index (χ4n) is 2.06. The molecule has 1 aromatic heterocycles. The van der Waals surface area contributed by atoms with Gasteiger partial charge in [-0.1, -0.05) is 0 Å². The fourth-order valence-corrected chi connectivity index (χ4v) is 2.06. The molecule has 0 unspecified atom stereocenters. The number of aryl methyl sites for hydroxylation is 2. The van der Waals surface area contributed by atoms with E-state index < -0.39 is 0 Å². The van der Waals surface area contributed by atoms with E-state index in [9.17, 15) is 0 Å². The quantitative estimate of drug-likeness (QED) is 0.906. The van der Waals surface area contributed by atoms with Crippen molar-refractivity contribution in [1.82, 2.24) is 14.8 Å². The minimum atomic E-state index is 0.170. The number of aromatic nitrogens is 3. The lowest BCUT2D eigenvalue weighted by Crippen LogP contribution is -2.08. The molecule has 0 aliphatic carbocycles. The molecule has 0 radical (unpaired) electrons. The molecule has 0 aliphatic rings. The Labute approximate surface area is 119 Å². The van der Waals surface area contributed by atoms with Crippen molar-refractivity contribution in [3.05, 3.63) is 29.6 Å². The van der Waals surface area contributed by atoms with Gasteiger partial charge in [0.15, 0.2) is 5.82 Å². The van der Waals surface area contributed by atoms with Gasteiger partial charge in [0.25, 0.3) is 0 Å². The molecule has 0 amide bonds. The van der Waals surface area contributed by atoms with Crippen molar-refractivity contribution in [2.45, 2.75) is 33.3 Å². The van der Waals surface area contributed by atoms with E-state index in [1.165, 1.54) is 0 Å². The number of ether oxygens (including phenoxy) is 1. The zero-order chi connectivity index (χ0) is 14.7. The summed E-state index contributed by atoms with van der Waals surface area (Å²) in [7, 11) is 1.89. The zero-order valence-corrected chi connectivity index (χ0v) is 12.6. The average molecular weight is 274 g/mol. The smallest absolute Gasteiger partial charge is 0.181 e. The Kier molecular flexibility index (Phi) is 4.39. The summed E-state index contributed by atoms with van der Waals surface area (Å²) in [6, 6.07) is 6.02. The number of nitrogens with zero attached hydrogens (tertiary/aromatic N) is 3. The highest BCUT2D eigenvalue weighted by Gasteiger charge is 2.10. The van der Waals surface area contributed by atoms with Crippen molar-refractivity contribution < 1.29 is 4.74 Å². The molecule has 2 N–H and O–H groups in total. The summed E-state index contributed by atoms with van der Waals surface area (Å²) in [5.41, 5.74) is 7.65. The second-order valence-electron chi connectivity index (χ2n) is 5.16. The van der Waals surface area contributed by atoms with Crippen LogP contribution in [0.5, 0.6) is 5.75 Å². The van der Waals surface area contributed by atoms with Gasteiger partial charge < -0.3 is 10.5 Å². The maximum Gasteiger partial charge on any atom is 0.181 e. The fraction of sp³-hybridized carbons (Fsp3) is 0.467. The number of hydrogen-bond acceptors (Lipinski definition) is 4. The van der Waals surface area contributed by atoms with Gasteiger partial charge in [-0.25, -0.2) is 4.98 Å². The third-order valence-electron chi connectivity index (χ3n) is 3.02. The molecule has 0 spiro atoms. The van der Waals surface area contributed by atoms with Gasteiger partial charge in [0.1, 0.15) is 11.6 Å². The lowest BCUT2D eigenvalue weighted by Gasteiger charge is -2.12. The Bertz CT molecular complexity index is 590. The Morgan fingerprint density at radius 2 is 2.10 bits per heavy atom. The number of hydrogen-bond donors (Lipinski definition) is 1. The molecule has 0 saturated heterocycles. The van der Waals surface area contributed by atoms with E-state index in [1.54, 1.807) is 4.68 Å². The van der Waals surface area contributed by atoms with Crippen LogP contribution in [0.1, 0.15) is 25.2 Å². The van der Waals surface area contributed by atoms with Gasteiger partial charge in [-0.15, -0.1) is 0 Å². The van der Waals surface area contributed by atoms with Crippen molar-refractivity contribution in [2.24, 2.45) is 12.8 Å². The lowest BCUT2D eigenvalue weighted by molar-refractivity contribution is 0.241. The van der Waals surface area contributed by atoms with E-state index in [0.29, 0.717) is 6.54 Å². The van der Waals surface area contributed by atoms with Crippen LogP contribution in [0.2, 0.25) is 0 Å². The van der Waals surface area contributed by atoms with E-state index in [4.69, 9.17) is 10.5 Å². The van der Waals surface area contributed by atoms with Crippen LogP contribution in [-0.4, -0.2) is 27.4 Å². The third-order valence-corrected chi connectivity index (χ3v) is 3.02. The van der Waals surface area contributed by atoms with Gasteiger partial charge in [0.05, 0.1) is 6.10 Å². The normalized spacial score (nSPS) is 11.1. The number of nitrogens with two attached hydrogens (primary N) is 1. The predicted octanol–water partition coefficient (Wildman–Crippen LogP) is 2.08. The molecule has 0 saturated carbocycles. The summed E-state index contributed by atoms with van der Waals surface area (Å²) in [5.74, 6) is 2.54. The van der Waals surface area contributed by atoms with Crippen LogP contribution < -0.4 is 10.5 Å². The van der Waals surface area contributed by atoms with Gasteiger partial charge in [-0.05, 0) is 51.1 Å². The van der Waals surface area contributed by atoms with E-state index in [1.807, 2.05) is 40.0 Å². The maximum atomic E-state index is 5.74. The highest BCUT2D eigenvalue weighted by Crippen LogP contribution is 2.25. The predicted molar refractivity (Wildman–Crippen MR) is 79.7 cm³/mol. The number of rotatable bonds is 5. The number of benzene rings is 1. The molecule has 1 heterocycles. The van der Waals surface area contributed by atoms with Gasteiger partial charge in [0.2, 0.25) is 0 Å². The summed E-state index contributed by atoms with van der Waals surface area (Å²) in [6.07, 6.45) is 0.903. The topological polar surface area (TPSA) is 66.0 Å². The van der Waals surface area contributed by atoms with E-state index in [0.717, 1.165) is 34.9 Å². The second-order valence-corrected chi connectivity index (χ2v) is 5.16. The van der Waals surface area contributed by atoms with E-state index in [-0.39, 0.29) is 6.10 Å². The summed E-state index contributed by atoms with van der Waals surface area (Å²) < 4.78 is 7.53. The maximum absolute atomic E-state index is 5.74. The van der Waals surface area contributed by atoms with Crippen molar-refractivity contribution >= 4 is 0 Å². The first-order chi connectivity index (χ1) is 9.51. The molecule has 2 aromatic rings. The first-order valence-electron chi connectivity index (χ1n) is 6.89. The first-order valence-corrected chi connectivity index (χ1v) is 6.89. The van der Waals surface area contributed by atoms with Gasteiger partial charge in [-0.2, -0.15) is 5.10 Å². The highest BCUT2D eigenvalue weighted by molar-refractivity contribution is 5.58. The average Bonchev–Trinajstić information content (AvgIpc) is 2.74. The molecule has 0 atom stereocenters. The Balaban J connectivity index is 2.29. The molecule has 5 nitrogen and oxygen atoms in total. The summed E-state index contributed by atoms with van der Waals surface area (Å²) in [5, 5.41) is 4.44. The van der Waals surface area contributed by atoms with Crippen molar-refractivity contribution in [3.63, 3.8) is 0 Å². The Morgan fingerprint density at radius 3 is 2.70 bits per heavy atom. The van der Waals surface area contributed by atoms with Crippen molar-refractivity contribution in [3.8, 4) is 17.1 Å². The molecule has 108 valence electrons. The summed E-state index contributed by atoms with van der Waals surface area (Å²) in [4.78, 5) is 4.53. The zero-order valence-electron chi connectivity index (χ0n) is 12.6. The second kappa shape index (κ2) is 6.05. The van der Waals surface area contributed by atoms with Crippen LogP contribution in [-0.2, 0) is 13.5 Å². The first kappa shape index (κ1) is 14.5. The molecule has 0 bridgehead atoms. The Morgan fingerprint density at radius 1 is 1.35 bits per heavy atom. The summed E-state index contributed by atoms with van der Waals surface area (Å²) >= 11 is 0. The van der Waals surface area contributed by atoms with Crippen LogP contribution in [0.4, 0.5) is 0 Å². The van der Waals surface area contributed by atoms with Crippen LogP contribution in [0.15, 0.2) is 18.2 Å². The third kappa shape index (κ3) is 3.17. The molecule has 1 aromatic carbocycles. The van der Waals surface area contributed by atoms with Gasteiger partial charge in [0, 0.05) is 19.0 Å². The Hall–Kier alpha value is -1.88. The molecular weight excluding hydrogens is 252 g/mol. The van der Waals surface area contributed by atoms with Crippen LogP contribution >= 0.6 is 0 Å². The van der Waals surface area contributed by atoms with Gasteiger partial charge in [-0.3, -0.25) is 4.68 Å². The molecule has 0 fully saturated rings. The minimum Gasteiger partial charge on any atom is -0.491 e. The van der Waals surface area contributed by atoms with Gasteiger partial charge >= 0.3 is 0 Å². The van der Waals surface area contributed by atoms with E-state index in [2.05, 4.69) is 16.1 Å². The van der Waals surface area contributed by atoms with E-state index >= 15 is 0 Å². The minimum absolute atomic E-state index is 0.170. The molecule has 20 heavy (non-hydrogen) atoms. The molecule has 5 heteroatoms. The highest BCUT2D eigenvalue weighted by atomic mass is 16.5. The molecule has 2 rings (SSSR count). The van der Waals surface area contributed by atoms with Crippen LogP contribution in [0, 0.1) is 6.92 Å².